The topological polar surface area (TPSA) is 127 Å². The Kier molecular flexibility index (Phi) is 9.64. The maximum Gasteiger partial charge on any atom is 0.318 e. The molecule has 0 spiro atoms. The highest BCUT2D eigenvalue weighted by Crippen LogP contribution is 2.24. The molecule has 182 valence electrons. The maximum absolute atomic E-state index is 12.4. The third-order valence-electron chi connectivity index (χ3n) is 5.92. The van der Waals surface area contributed by atoms with Crippen LogP contribution in [0, 0.1) is 24.2 Å². The van der Waals surface area contributed by atoms with Crippen molar-refractivity contribution in [2.75, 3.05) is 44.3 Å². The zero-order chi connectivity index (χ0) is 24.3. The zero-order valence-corrected chi connectivity index (χ0v) is 19.5. The van der Waals surface area contributed by atoms with Crippen molar-refractivity contribution in [1.29, 1.82) is 0 Å². The van der Waals surface area contributed by atoms with Crippen LogP contribution in [-0.4, -0.2) is 66.7 Å². The van der Waals surface area contributed by atoms with Gasteiger partial charge in [0.15, 0.2) is 0 Å². The molecule has 1 aliphatic heterocycles. The number of carbonyl (C=O) groups excluding carboxylic acids is 1. The number of nitrogens with zero attached hydrogens (tertiary/aromatic N) is 3. The number of nitrogens with two attached hydrogens (primary N) is 1. The lowest BCUT2D eigenvalue weighted by Crippen LogP contribution is -2.36. The van der Waals surface area contributed by atoms with Crippen LogP contribution >= 0.6 is 0 Å². The first kappa shape index (κ1) is 25.4. The second-order valence-electron chi connectivity index (χ2n) is 8.34. The van der Waals surface area contributed by atoms with Gasteiger partial charge in [0.2, 0.25) is 5.91 Å². The number of aliphatic hydroxyl groups is 1. The van der Waals surface area contributed by atoms with Crippen molar-refractivity contribution in [1.82, 2.24) is 15.5 Å². The minimum Gasteiger partial charge on any atom is -0.403 e. The van der Waals surface area contributed by atoms with Crippen LogP contribution in [0.3, 0.4) is 0 Å². The quantitative estimate of drug-likeness (QED) is 0.268. The van der Waals surface area contributed by atoms with Gasteiger partial charge in [-0.15, -0.1) is 11.5 Å². The van der Waals surface area contributed by atoms with Gasteiger partial charge >= 0.3 is 6.01 Å². The van der Waals surface area contributed by atoms with Gasteiger partial charge in [-0.05, 0) is 44.2 Å². The Balaban J connectivity index is 1.49. The van der Waals surface area contributed by atoms with Gasteiger partial charge < -0.3 is 30.2 Å². The van der Waals surface area contributed by atoms with E-state index in [9.17, 15) is 9.90 Å². The predicted molar refractivity (Wildman–Crippen MR) is 130 cm³/mol. The monoisotopic (exact) mass is 467 g/mol. The van der Waals surface area contributed by atoms with E-state index < -0.39 is 6.10 Å². The first-order valence-electron chi connectivity index (χ1n) is 11.5. The summed E-state index contributed by atoms with van der Waals surface area (Å²) in [5.41, 5.74) is 6.64. The number of hydrogen-bond acceptors (Lipinski definition) is 8. The standard InChI is InChI=1S/C25H33N5O4/c1-3-19(24-28-29-25(34-24)30-12-14-33-15-13-30)9-8-18(2)23(32)27-17-22(31)11-10-20-6-4-5-7-21(20)16-26/h1,4-9,20-22,31H,10-17,26H2,2H3,(H,27,32)/b18-8+,19-9+/t20?,21?,22-/m0/s1. The number of morpholine rings is 1. The van der Waals surface area contributed by atoms with E-state index in [1.165, 1.54) is 0 Å². The smallest absolute Gasteiger partial charge is 0.318 e. The van der Waals surface area contributed by atoms with E-state index in [4.69, 9.17) is 21.3 Å². The van der Waals surface area contributed by atoms with E-state index in [0.717, 1.165) is 6.42 Å². The normalized spacial score (nSPS) is 21.9. The van der Waals surface area contributed by atoms with Crippen LogP contribution in [0.15, 0.2) is 46.4 Å². The fourth-order valence-corrected chi connectivity index (χ4v) is 3.77. The summed E-state index contributed by atoms with van der Waals surface area (Å²) in [6.07, 6.45) is 17.8. The number of nitrogens with one attached hydrogen (secondary N) is 1. The molecule has 1 saturated heterocycles. The third-order valence-corrected chi connectivity index (χ3v) is 5.92. The SMILES string of the molecule is C#C/C(=C\C=C(/C)C(=O)NC[C@@H](O)CCC1C=CC=CC1CN)c1nnc(N2CCOCC2)o1. The number of anilines is 1. The van der Waals surface area contributed by atoms with E-state index in [2.05, 4.69) is 33.6 Å². The average molecular weight is 468 g/mol. The summed E-state index contributed by atoms with van der Waals surface area (Å²) in [5.74, 6) is 3.05. The molecule has 2 aliphatic rings. The largest absolute Gasteiger partial charge is 0.403 e. The Hall–Kier alpha value is -3.19. The molecule has 0 aromatic carbocycles. The summed E-state index contributed by atoms with van der Waals surface area (Å²) in [5, 5.41) is 21.1. The van der Waals surface area contributed by atoms with Crippen LogP contribution in [0.25, 0.3) is 5.57 Å². The summed E-state index contributed by atoms with van der Waals surface area (Å²) >= 11 is 0. The third kappa shape index (κ3) is 7.15. The van der Waals surface area contributed by atoms with Crippen molar-refractivity contribution in [3.05, 3.63) is 47.9 Å². The predicted octanol–water partition coefficient (Wildman–Crippen LogP) is 1.44. The first-order valence-corrected chi connectivity index (χ1v) is 11.5. The molecule has 1 aromatic heterocycles. The van der Waals surface area contributed by atoms with Crippen LogP contribution in [-0.2, 0) is 9.53 Å². The molecule has 0 saturated carbocycles. The Bertz CT molecular complexity index is 982. The van der Waals surface area contributed by atoms with Crippen molar-refractivity contribution < 1.29 is 19.1 Å². The van der Waals surface area contributed by atoms with Crippen LogP contribution < -0.4 is 16.0 Å². The van der Waals surface area contributed by atoms with Crippen molar-refractivity contribution >= 4 is 17.5 Å². The summed E-state index contributed by atoms with van der Waals surface area (Å²) in [7, 11) is 0. The number of aliphatic hydroxyl groups excluding tert-OH is 1. The van der Waals surface area contributed by atoms with Gasteiger partial charge in [0.1, 0.15) is 0 Å². The van der Waals surface area contributed by atoms with Crippen molar-refractivity contribution in [2.24, 2.45) is 17.6 Å². The van der Waals surface area contributed by atoms with Gasteiger partial charge in [-0.3, -0.25) is 4.79 Å². The molecule has 34 heavy (non-hydrogen) atoms. The highest BCUT2D eigenvalue weighted by atomic mass is 16.5. The van der Waals surface area contributed by atoms with Gasteiger partial charge in [-0.25, -0.2) is 0 Å². The van der Waals surface area contributed by atoms with E-state index in [1.54, 1.807) is 19.1 Å². The van der Waals surface area contributed by atoms with E-state index >= 15 is 0 Å². The summed E-state index contributed by atoms with van der Waals surface area (Å²) in [6.45, 7) is 4.96. The highest BCUT2D eigenvalue weighted by molar-refractivity contribution is 5.93. The van der Waals surface area contributed by atoms with Gasteiger partial charge in [0.25, 0.3) is 5.89 Å². The number of allylic oxidation sites excluding steroid dienone is 6. The highest BCUT2D eigenvalue weighted by Gasteiger charge is 2.20. The van der Waals surface area contributed by atoms with Crippen molar-refractivity contribution in [3.63, 3.8) is 0 Å². The van der Waals surface area contributed by atoms with Crippen LogP contribution in [0.5, 0.6) is 0 Å². The van der Waals surface area contributed by atoms with Crippen molar-refractivity contribution in [2.45, 2.75) is 25.9 Å². The molecule has 9 nitrogen and oxygen atoms in total. The summed E-state index contributed by atoms with van der Waals surface area (Å²) in [4.78, 5) is 14.4. The molecule has 0 bridgehead atoms. The molecule has 1 aliphatic carbocycles. The number of carbonyl (C=O) groups is 1. The lowest BCUT2D eigenvalue weighted by molar-refractivity contribution is -0.117. The summed E-state index contributed by atoms with van der Waals surface area (Å²) < 4.78 is 11.0. The Morgan fingerprint density at radius 2 is 2.06 bits per heavy atom. The Morgan fingerprint density at radius 3 is 2.76 bits per heavy atom. The molecule has 0 radical (unpaired) electrons. The van der Waals surface area contributed by atoms with Gasteiger partial charge in [-0.2, -0.15) is 0 Å². The number of rotatable bonds is 10. The molecule has 3 atom stereocenters. The van der Waals surface area contributed by atoms with Gasteiger partial charge in [-0.1, -0.05) is 41.4 Å². The lowest BCUT2D eigenvalue weighted by Gasteiger charge is -2.24. The maximum atomic E-state index is 12.4. The fraction of sp³-hybridized carbons (Fsp3) is 0.480. The summed E-state index contributed by atoms with van der Waals surface area (Å²) in [6, 6.07) is 0.393. The van der Waals surface area contributed by atoms with E-state index in [-0.39, 0.29) is 24.3 Å². The molecule has 1 fully saturated rings. The number of aromatic nitrogens is 2. The second kappa shape index (κ2) is 12.9. The number of terminal acetylenes is 1. The molecule has 2 heterocycles. The lowest BCUT2D eigenvalue weighted by atomic mass is 9.84. The number of hydrogen-bond donors (Lipinski definition) is 3. The van der Waals surface area contributed by atoms with Crippen LogP contribution in [0.4, 0.5) is 6.01 Å². The molecule has 1 amide bonds. The number of amides is 1. The molecular formula is C25H33N5O4. The number of ether oxygens (including phenoxy) is 1. The van der Waals surface area contributed by atoms with Crippen LogP contribution in [0.1, 0.15) is 25.7 Å². The minimum absolute atomic E-state index is 0.169. The van der Waals surface area contributed by atoms with Crippen LogP contribution in [0.2, 0.25) is 0 Å². The Morgan fingerprint density at radius 1 is 1.32 bits per heavy atom. The molecule has 4 N–H and O–H groups in total. The second-order valence-corrected chi connectivity index (χ2v) is 8.34. The van der Waals surface area contributed by atoms with E-state index in [0.29, 0.717) is 62.3 Å². The molecular weight excluding hydrogens is 434 g/mol. The first-order chi connectivity index (χ1) is 16.5. The fourth-order valence-electron chi connectivity index (χ4n) is 3.77. The molecule has 9 heteroatoms. The van der Waals surface area contributed by atoms with Gasteiger partial charge in [0.05, 0.1) is 24.9 Å². The molecule has 2 unspecified atom stereocenters. The van der Waals surface area contributed by atoms with E-state index in [1.807, 2.05) is 17.1 Å². The zero-order valence-electron chi connectivity index (χ0n) is 19.5. The Labute approximate surface area is 200 Å². The van der Waals surface area contributed by atoms with Crippen molar-refractivity contribution in [3.8, 4) is 12.3 Å². The molecule has 3 rings (SSSR count). The molecule has 1 aromatic rings. The van der Waals surface area contributed by atoms with Gasteiger partial charge in [0, 0.05) is 25.2 Å². The average Bonchev–Trinajstić information content (AvgIpc) is 3.37. The minimum atomic E-state index is -0.636.